The Kier molecular flexibility index (Phi) is 7.81. The minimum Gasteiger partial charge on any atom is -0.340 e. The molecule has 3 aromatic rings. The second-order valence-corrected chi connectivity index (χ2v) is 8.08. The van der Waals surface area contributed by atoms with Crippen molar-refractivity contribution < 1.29 is 14.4 Å². The lowest BCUT2D eigenvalue weighted by atomic mass is 10.0. The maximum Gasteiger partial charge on any atom is 0.323 e. The molecule has 33 heavy (non-hydrogen) atoms. The van der Waals surface area contributed by atoms with Crippen molar-refractivity contribution in [2.45, 2.75) is 26.8 Å². The van der Waals surface area contributed by atoms with E-state index in [2.05, 4.69) is 21.3 Å². The molecule has 0 heterocycles. The number of hydrogen-bond acceptors (Lipinski definition) is 3. The third kappa shape index (κ3) is 6.93. The molecule has 0 saturated carbocycles. The molecule has 0 aliphatic carbocycles. The van der Waals surface area contributed by atoms with Crippen LogP contribution in [0.1, 0.15) is 29.8 Å². The fourth-order valence-electron chi connectivity index (χ4n) is 3.17. The van der Waals surface area contributed by atoms with Crippen molar-refractivity contribution in [3.8, 4) is 0 Å². The number of urea groups is 1. The summed E-state index contributed by atoms with van der Waals surface area (Å²) < 4.78 is 0. The first kappa shape index (κ1) is 23.5. The molecule has 0 spiro atoms. The number of aryl methyl sites for hydroxylation is 1. The predicted molar refractivity (Wildman–Crippen MR) is 131 cm³/mol. The lowest BCUT2D eigenvalue weighted by Gasteiger charge is -2.22. The van der Waals surface area contributed by atoms with E-state index in [1.54, 1.807) is 48.5 Å². The van der Waals surface area contributed by atoms with Gasteiger partial charge in [0.15, 0.2) is 0 Å². The lowest BCUT2D eigenvalue weighted by molar-refractivity contribution is -0.118. The molecule has 0 aliphatic rings. The molecule has 3 rings (SSSR count). The summed E-state index contributed by atoms with van der Waals surface area (Å²) in [4.78, 5) is 37.8. The normalized spacial score (nSPS) is 11.4. The Morgan fingerprint density at radius 1 is 0.697 bits per heavy atom. The van der Waals surface area contributed by atoms with Crippen molar-refractivity contribution in [2.24, 2.45) is 5.92 Å². The maximum absolute atomic E-state index is 12.9. The van der Waals surface area contributed by atoms with Crippen LogP contribution >= 0.6 is 0 Å². The Morgan fingerprint density at radius 2 is 1.27 bits per heavy atom. The van der Waals surface area contributed by atoms with Crippen LogP contribution in [0.15, 0.2) is 78.9 Å². The minimum atomic E-state index is -0.725. The second-order valence-electron chi connectivity index (χ2n) is 8.08. The van der Waals surface area contributed by atoms with Crippen LogP contribution < -0.4 is 21.3 Å². The number of rotatable bonds is 7. The van der Waals surface area contributed by atoms with Crippen molar-refractivity contribution in [1.29, 1.82) is 0 Å². The maximum atomic E-state index is 12.9. The fraction of sp³-hybridized carbons (Fsp3) is 0.192. The fourth-order valence-corrected chi connectivity index (χ4v) is 3.17. The zero-order valence-electron chi connectivity index (χ0n) is 18.9. The van der Waals surface area contributed by atoms with E-state index in [1.807, 2.05) is 51.1 Å². The van der Waals surface area contributed by atoms with Gasteiger partial charge in [0.25, 0.3) is 5.91 Å². The molecular formula is C26H28N4O3. The van der Waals surface area contributed by atoms with E-state index >= 15 is 0 Å². The van der Waals surface area contributed by atoms with E-state index in [0.717, 1.165) is 5.56 Å². The highest BCUT2D eigenvalue weighted by atomic mass is 16.2. The molecule has 0 saturated heterocycles. The van der Waals surface area contributed by atoms with Crippen LogP contribution in [0.2, 0.25) is 0 Å². The van der Waals surface area contributed by atoms with E-state index < -0.39 is 12.1 Å². The van der Waals surface area contributed by atoms with Gasteiger partial charge in [0.05, 0.1) is 0 Å². The monoisotopic (exact) mass is 444 g/mol. The largest absolute Gasteiger partial charge is 0.340 e. The Hall–Kier alpha value is -4.13. The highest BCUT2D eigenvalue weighted by Crippen LogP contribution is 2.17. The van der Waals surface area contributed by atoms with Crippen LogP contribution in [0.3, 0.4) is 0 Å². The van der Waals surface area contributed by atoms with Crippen molar-refractivity contribution in [3.63, 3.8) is 0 Å². The topological polar surface area (TPSA) is 99.3 Å². The first-order valence-electron chi connectivity index (χ1n) is 10.7. The summed E-state index contributed by atoms with van der Waals surface area (Å²) >= 11 is 0. The molecule has 0 fully saturated rings. The van der Waals surface area contributed by atoms with E-state index in [0.29, 0.717) is 22.6 Å². The Balaban J connectivity index is 1.63. The second kappa shape index (κ2) is 10.9. The van der Waals surface area contributed by atoms with Crippen molar-refractivity contribution in [3.05, 3.63) is 90.0 Å². The SMILES string of the molecule is Cc1ccc(C(=O)NC(C(=O)Nc2cccc(NC(=O)Nc3ccccc3)c2)C(C)C)cc1. The third-order valence-corrected chi connectivity index (χ3v) is 4.97. The van der Waals surface area contributed by atoms with Crippen molar-refractivity contribution in [2.75, 3.05) is 16.0 Å². The van der Waals surface area contributed by atoms with Gasteiger partial charge in [-0.3, -0.25) is 9.59 Å². The molecule has 0 aliphatic heterocycles. The quantitative estimate of drug-likeness (QED) is 0.411. The van der Waals surface area contributed by atoms with Crippen LogP contribution in [0, 0.1) is 12.8 Å². The molecule has 3 aromatic carbocycles. The van der Waals surface area contributed by atoms with Gasteiger partial charge in [-0.25, -0.2) is 4.79 Å². The number of hydrogen-bond donors (Lipinski definition) is 4. The third-order valence-electron chi connectivity index (χ3n) is 4.97. The van der Waals surface area contributed by atoms with Crippen LogP contribution in [0.25, 0.3) is 0 Å². The Morgan fingerprint density at radius 3 is 1.91 bits per heavy atom. The van der Waals surface area contributed by atoms with Gasteiger partial charge >= 0.3 is 6.03 Å². The number of nitrogens with one attached hydrogen (secondary N) is 4. The van der Waals surface area contributed by atoms with E-state index in [1.165, 1.54) is 0 Å². The summed E-state index contributed by atoms with van der Waals surface area (Å²) in [7, 11) is 0. The van der Waals surface area contributed by atoms with Gasteiger partial charge in [0, 0.05) is 22.6 Å². The van der Waals surface area contributed by atoms with Crippen molar-refractivity contribution in [1.82, 2.24) is 5.32 Å². The van der Waals surface area contributed by atoms with E-state index in [9.17, 15) is 14.4 Å². The number of benzene rings is 3. The molecule has 4 N–H and O–H groups in total. The molecule has 1 unspecified atom stereocenters. The average molecular weight is 445 g/mol. The van der Waals surface area contributed by atoms with Gasteiger partial charge in [0.2, 0.25) is 5.91 Å². The van der Waals surface area contributed by atoms with Crippen LogP contribution in [0.4, 0.5) is 21.9 Å². The van der Waals surface area contributed by atoms with Gasteiger partial charge in [-0.05, 0) is 55.3 Å². The molecule has 170 valence electrons. The first-order valence-corrected chi connectivity index (χ1v) is 10.7. The summed E-state index contributed by atoms with van der Waals surface area (Å²) in [6.45, 7) is 5.68. The highest BCUT2D eigenvalue weighted by Gasteiger charge is 2.25. The Labute approximate surface area is 193 Å². The average Bonchev–Trinajstić information content (AvgIpc) is 2.78. The number of carbonyl (C=O) groups is 3. The number of anilines is 3. The summed E-state index contributed by atoms with van der Waals surface area (Å²) in [5.74, 6) is -0.773. The van der Waals surface area contributed by atoms with Gasteiger partial charge in [0.1, 0.15) is 6.04 Å². The van der Waals surface area contributed by atoms with Gasteiger partial charge in [-0.1, -0.05) is 55.8 Å². The summed E-state index contributed by atoms with van der Waals surface area (Å²) in [6.07, 6.45) is 0. The summed E-state index contributed by atoms with van der Waals surface area (Å²) in [5.41, 5.74) is 3.24. The number of amides is 4. The minimum absolute atomic E-state index is 0.127. The number of para-hydroxylation sites is 1. The molecule has 7 heteroatoms. The first-order chi connectivity index (χ1) is 15.8. The molecule has 1 atom stereocenters. The predicted octanol–water partition coefficient (Wildman–Crippen LogP) is 5.03. The standard InChI is InChI=1S/C26H28N4O3/c1-17(2)23(30-24(31)19-14-12-18(3)13-15-19)25(32)27-21-10-7-11-22(16-21)29-26(33)28-20-8-5-4-6-9-20/h4-17,23H,1-3H3,(H,27,32)(H,30,31)(H2,28,29,33). The Bertz CT molecular complexity index is 1110. The van der Waals surface area contributed by atoms with Gasteiger partial charge in [-0.2, -0.15) is 0 Å². The molecule has 4 amide bonds. The summed E-state index contributed by atoms with van der Waals surface area (Å²) in [6, 6.07) is 22.0. The molecule has 7 nitrogen and oxygen atoms in total. The molecule has 0 radical (unpaired) electrons. The van der Waals surface area contributed by atoms with Gasteiger partial charge in [-0.15, -0.1) is 0 Å². The molecular weight excluding hydrogens is 416 g/mol. The molecule has 0 bridgehead atoms. The number of carbonyl (C=O) groups excluding carboxylic acids is 3. The van der Waals surface area contributed by atoms with Crippen LogP contribution in [-0.2, 0) is 4.79 Å². The van der Waals surface area contributed by atoms with Crippen molar-refractivity contribution >= 4 is 34.9 Å². The van der Waals surface area contributed by atoms with Gasteiger partial charge < -0.3 is 21.3 Å². The van der Waals surface area contributed by atoms with Crippen LogP contribution in [-0.4, -0.2) is 23.9 Å². The van der Waals surface area contributed by atoms with E-state index in [4.69, 9.17) is 0 Å². The highest BCUT2D eigenvalue weighted by molar-refractivity contribution is 6.02. The van der Waals surface area contributed by atoms with Crippen LogP contribution in [0.5, 0.6) is 0 Å². The zero-order valence-corrected chi connectivity index (χ0v) is 18.9. The zero-order chi connectivity index (χ0) is 23.8. The lowest BCUT2D eigenvalue weighted by Crippen LogP contribution is -2.47. The van der Waals surface area contributed by atoms with E-state index in [-0.39, 0.29) is 17.7 Å². The summed E-state index contributed by atoms with van der Waals surface area (Å²) in [5, 5.41) is 11.1. The smallest absolute Gasteiger partial charge is 0.323 e. The molecule has 0 aromatic heterocycles.